The Morgan fingerprint density at radius 1 is 1.17 bits per heavy atom. The fourth-order valence-electron chi connectivity index (χ4n) is 3.57. The molecule has 0 saturated heterocycles. The number of hydrogen-bond acceptors (Lipinski definition) is 5. The second-order valence-electron chi connectivity index (χ2n) is 6.88. The fraction of sp³-hybridized carbons (Fsp3) is 0.273. The summed E-state index contributed by atoms with van der Waals surface area (Å²) in [6.07, 6.45) is 1.65. The maximum atomic E-state index is 13.0. The summed E-state index contributed by atoms with van der Waals surface area (Å²) >= 11 is 0. The second kappa shape index (κ2) is 7.97. The van der Waals surface area contributed by atoms with Gasteiger partial charge in [0.05, 0.1) is 29.2 Å². The first-order valence-corrected chi connectivity index (χ1v) is 9.73. The van der Waals surface area contributed by atoms with Crippen LogP contribution in [0.3, 0.4) is 0 Å². The Bertz CT molecular complexity index is 1190. The van der Waals surface area contributed by atoms with E-state index in [1.165, 1.54) is 0 Å². The lowest BCUT2D eigenvalue weighted by molar-refractivity contribution is 0.414. The molecule has 0 spiro atoms. The van der Waals surface area contributed by atoms with Crippen molar-refractivity contribution < 1.29 is 4.74 Å². The van der Waals surface area contributed by atoms with E-state index in [-0.39, 0.29) is 5.56 Å². The van der Waals surface area contributed by atoms with Gasteiger partial charge in [0.25, 0.3) is 5.56 Å². The standard InChI is InChI=1S/C22H25N5O2/c1-4-26(12-11-23-2)16-7-10-20-18(13-16)21-19(14-24-20)22(28)27(25-21)15-5-8-17(29-3)9-6-15/h5-10,13-14,23,25H,4,11-12H2,1-3H3. The van der Waals surface area contributed by atoms with Crippen molar-refractivity contribution in [3.8, 4) is 11.4 Å². The van der Waals surface area contributed by atoms with Crippen LogP contribution in [-0.2, 0) is 0 Å². The van der Waals surface area contributed by atoms with E-state index in [4.69, 9.17) is 4.74 Å². The number of nitrogens with one attached hydrogen (secondary N) is 2. The Kier molecular flexibility index (Phi) is 5.22. The zero-order chi connectivity index (χ0) is 20.4. The molecule has 0 fully saturated rings. The highest BCUT2D eigenvalue weighted by Gasteiger charge is 2.14. The fourth-order valence-corrected chi connectivity index (χ4v) is 3.57. The number of anilines is 1. The van der Waals surface area contributed by atoms with Crippen molar-refractivity contribution >= 4 is 27.5 Å². The molecular formula is C22H25N5O2. The van der Waals surface area contributed by atoms with Crippen molar-refractivity contribution in [2.45, 2.75) is 6.92 Å². The molecule has 2 heterocycles. The van der Waals surface area contributed by atoms with Crippen LogP contribution in [0.25, 0.3) is 27.5 Å². The van der Waals surface area contributed by atoms with Crippen LogP contribution in [0, 0.1) is 0 Å². The van der Waals surface area contributed by atoms with Gasteiger partial charge in [0.1, 0.15) is 5.75 Å². The van der Waals surface area contributed by atoms with Crippen LogP contribution in [0.5, 0.6) is 5.75 Å². The first-order chi connectivity index (χ1) is 14.2. The third kappa shape index (κ3) is 3.45. The Balaban J connectivity index is 1.85. The molecule has 0 atom stereocenters. The van der Waals surface area contributed by atoms with Gasteiger partial charge in [0.15, 0.2) is 0 Å². The van der Waals surface area contributed by atoms with E-state index in [0.717, 1.165) is 53.2 Å². The third-order valence-corrected chi connectivity index (χ3v) is 5.22. The average Bonchev–Trinajstić information content (AvgIpc) is 3.11. The lowest BCUT2D eigenvalue weighted by Crippen LogP contribution is -2.30. The molecule has 4 aromatic rings. The number of likely N-dealkylation sites (N-methyl/N-ethyl adjacent to an activating group) is 2. The molecule has 2 aromatic heterocycles. The van der Waals surface area contributed by atoms with Crippen LogP contribution in [0.4, 0.5) is 5.69 Å². The molecule has 7 nitrogen and oxygen atoms in total. The van der Waals surface area contributed by atoms with Gasteiger partial charge < -0.3 is 15.0 Å². The lowest BCUT2D eigenvalue weighted by atomic mass is 10.1. The first kappa shape index (κ1) is 19.0. The largest absolute Gasteiger partial charge is 0.497 e. The molecule has 0 bridgehead atoms. The molecule has 0 amide bonds. The summed E-state index contributed by atoms with van der Waals surface area (Å²) in [4.78, 5) is 19.8. The summed E-state index contributed by atoms with van der Waals surface area (Å²) in [6.45, 7) is 4.85. The summed E-state index contributed by atoms with van der Waals surface area (Å²) in [5.74, 6) is 0.746. The van der Waals surface area contributed by atoms with E-state index in [2.05, 4.69) is 39.4 Å². The molecule has 2 N–H and O–H groups in total. The van der Waals surface area contributed by atoms with Crippen molar-refractivity contribution in [3.63, 3.8) is 0 Å². The minimum Gasteiger partial charge on any atom is -0.497 e. The van der Waals surface area contributed by atoms with Crippen LogP contribution in [0.1, 0.15) is 6.92 Å². The smallest absolute Gasteiger partial charge is 0.280 e. The molecule has 0 aliphatic heterocycles. The third-order valence-electron chi connectivity index (χ3n) is 5.22. The van der Waals surface area contributed by atoms with Gasteiger partial charge in [-0.1, -0.05) is 0 Å². The van der Waals surface area contributed by atoms with Crippen molar-refractivity contribution in [2.75, 3.05) is 38.7 Å². The van der Waals surface area contributed by atoms with E-state index in [1.807, 2.05) is 37.4 Å². The summed E-state index contributed by atoms with van der Waals surface area (Å²) < 4.78 is 6.76. The summed E-state index contributed by atoms with van der Waals surface area (Å²) in [5, 5.41) is 7.98. The Hall–Kier alpha value is -3.32. The van der Waals surface area contributed by atoms with Crippen LogP contribution >= 0.6 is 0 Å². The highest BCUT2D eigenvalue weighted by Crippen LogP contribution is 2.26. The number of methoxy groups -OCH3 is 1. The lowest BCUT2D eigenvalue weighted by Gasteiger charge is -2.23. The molecule has 0 aliphatic carbocycles. The van der Waals surface area contributed by atoms with Crippen LogP contribution < -0.4 is 20.5 Å². The van der Waals surface area contributed by atoms with Gasteiger partial charge in [-0.3, -0.25) is 14.9 Å². The SMILES string of the molecule is CCN(CCNC)c1ccc2ncc3c(=O)n(-c4ccc(OC)cc4)[nH]c3c2c1. The van der Waals surface area contributed by atoms with E-state index >= 15 is 0 Å². The molecular weight excluding hydrogens is 366 g/mol. The second-order valence-corrected chi connectivity index (χ2v) is 6.88. The number of benzene rings is 2. The van der Waals surface area contributed by atoms with Crippen molar-refractivity contribution in [2.24, 2.45) is 0 Å². The molecule has 0 unspecified atom stereocenters. The molecule has 0 radical (unpaired) electrons. The minimum absolute atomic E-state index is 0.118. The van der Waals surface area contributed by atoms with Gasteiger partial charge in [0.2, 0.25) is 0 Å². The monoisotopic (exact) mass is 391 g/mol. The molecule has 29 heavy (non-hydrogen) atoms. The van der Waals surface area contributed by atoms with Gasteiger partial charge in [-0.2, -0.15) is 0 Å². The predicted molar refractivity (Wildman–Crippen MR) is 118 cm³/mol. The van der Waals surface area contributed by atoms with E-state index in [1.54, 1.807) is 18.0 Å². The zero-order valence-electron chi connectivity index (χ0n) is 16.9. The normalized spacial score (nSPS) is 11.3. The van der Waals surface area contributed by atoms with Gasteiger partial charge >= 0.3 is 0 Å². The topological polar surface area (TPSA) is 75.2 Å². The van der Waals surface area contributed by atoms with Gasteiger partial charge in [-0.05, 0) is 56.4 Å². The number of hydrogen-bond donors (Lipinski definition) is 2. The summed E-state index contributed by atoms with van der Waals surface area (Å²) in [6, 6.07) is 13.6. The molecule has 4 rings (SSSR count). The van der Waals surface area contributed by atoms with Crippen molar-refractivity contribution in [1.82, 2.24) is 20.1 Å². The number of rotatable bonds is 7. The summed E-state index contributed by atoms with van der Waals surface area (Å²) in [5.41, 5.74) is 3.40. The van der Waals surface area contributed by atoms with E-state index in [9.17, 15) is 4.79 Å². The molecule has 0 aliphatic rings. The highest BCUT2D eigenvalue weighted by atomic mass is 16.5. The number of ether oxygens (including phenoxy) is 1. The highest BCUT2D eigenvalue weighted by molar-refractivity contribution is 6.04. The zero-order valence-corrected chi connectivity index (χ0v) is 16.9. The van der Waals surface area contributed by atoms with Gasteiger partial charge in [-0.15, -0.1) is 0 Å². The van der Waals surface area contributed by atoms with Crippen LogP contribution in [0.15, 0.2) is 53.5 Å². The number of pyridine rings is 1. The quantitative estimate of drug-likeness (QED) is 0.507. The molecule has 7 heteroatoms. The Morgan fingerprint density at radius 3 is 2.66 bits per heavy atom. The number of H-pyrrole nitrogens is 1. The predicted octanol–water partition coefficient (Wildman–Crippen LogP) is 2.92. The van der Waals surface area contributed by atoms with E-state index < -0.39 is 0 Å². The van der Waals surface area contributed by atoms with Gasteiger partial charge in [0, 0.05) is 36.9 Å². The van der Waals surface area contributed by atoms with Gasteiger partial charge in [-0.25, -0.2) is 4.68 Å². The van der Waals surface area contributed by atoms with Crippen molar-refractivity contribution in [3.05, 3.63) is 59.0 Å². The number of fused-ring (bicyclic) bond motifs is 3. The minimum atomic E-state index is -0.118. The maximum absolute atomic E-state index is 13.0. The number of aromatic amines is 1. The number of aromatic nitrogens is 3. The Labute approximate surface area is 168 Å². The first-order valence-electron chi connectivity index (χ1n) is 9.73. The molecule has 0 saturated carbocycles. The van der Waals surface area contributed by atoms with Crippen LogP contribution in [0.2, 0.25) is 0 Å². The van der Waals surface area contributed by atoms with Crippen molar-refractivity contribution in [1.29, 1.82) is 0 Å². The Morgan fingerprint density at radius 2 is 1.97 bits per heavy atom. The maximum Gasteiger partial charge on any atom is 0.280 e. The number of nitrogens with zero attached hydrogens (tertiary/aromatic N) is 3. The average molecular weight is 391 g/mol. The molecule has 2 aromatic carbocycles. The summed E-state index contributed by atoms with van der Waals surface area (Å²) in [7, 11) is 3.57. The molecule has 150 valence electrons. The van der Waals surface area contributed by atoms with Crippen LogP contribution in [-0.4, -0.2) is 48.6 Å². The van der Waals surface area contributed by atoms with E-state index in [0.29, 0.717) is 5.39 Å².